The van der Waals surface area contributed by atoms with Crippen LogP contribution in [-0.2, 0) is 9.47 Å². The molecular formula is C4H7LiO2. The minimum Gasteiger partial charge on any atom is -0.675 e. The van der Waals surface area contributed by atoms with Crippen molar-refractivity contribution in [3.63, 3.8) is 0 Å². The average molecular weight is 94.0 g/mol. The summed E-state index contributed by atoms with van der Waals surface area (Å²) in [6, 6.07) is 0. The molecule has 0 radical (unpaired) electrons. The Morgan fingerprint density at radius 1 is 1.71 bits per heavy atom. The van der Waals surface area contributed by atoms with Gasteiger partial charge in [-0.05, 0) is 0 Å². The van der Waals surface area contributed by atoms with Crippen LogP contribution in [0.25, 0.3) is 0 Å². The Labute approximate surface area is 55.7 Å². The minimum atomic E-state index is 0. The van der Waals surface area contributed by atoms with Gasteiger partial charge in [0.25, 0.3) is 0 Å². The van der Waals surface area contributed by atoms with Crippen LogP contribution >= 0.6 is 0 Å². The second-order valence-corrected chi connectivity index (χ2v) is 0.695. The maximum absolute atomic E-state index is 4.46. The first-order chi connectivity index (χ1) is 2.91. The number of hydrogen-bond acceptors (Lipinski definition) is 2. The van der Waals surface area contributed by atoms with Crippen molar-refractivity contribution in [2.24, 2.45) is 0 Å². The summed E-state index contributed by atoms with van der Waals surface area (Å²) < 4.78 is 8.86. The molecule has 0 fully saturated rings. The van der Waals surface area contributed by atoms with E-state index in [1.807, 2.05) is 0 Å². The summed E-state index contributed by atoms with van der Waals surface area (Å²) in [5.74, 6) is 0. The third kappa shape index (κ3) is 10.7. The van der Waals surface area contributed by atoms with Crippen LogP contribution in [0, 0.1) is 6.26 Å². The van der Waals surface area contributed by atoms with Crippen molar-refractivity contribution >= 4 is 0 Å². The van der Waals surface area contributed by atoms with Crippen LogP contribution in [0.15, 0.2) is 6.58 Å². The van der Waals surface area contributed by atoms with E-state index in [0.717, 1.165) is 0 Å². The second kappa shape index (κ2) is 9.44. The van der Waals surface area contributed by atoms with Crippen molar-refractivity contribution in [3.05, 3.63) is 12.8 Å². The Balaban J connectivity index is 0. The molecule has 0 N–H and O–H groups in total. The minimum absolute atomic E-state index is 0. The van der Waals surface area contributed by atoms with E-state index in [1.54, 1.807) is 0 Å². The van der Waals surface area contributed by atoms with Gasteiger partial charge in [-0.25, -0.2) is 6.58 Å². The smallest absolute Gasteiger partial charge is 0.675 e. The molecule has 0 bridgehead atoms. The largest absolute Gasteiger partial charge is 1.00 e. The van der Waals surface area contributed by atoms with Crippen LogP contribution in [0.5, 0.6) is 0 Å². The van der Waals surface area contributed by atoms with Gasteiger partial charge in [-0.2, -0.15) is 0 Å². The van der Waals surface area contributed by atoms with Crippen molar-refractivity contribution in [2.45, 2.75) is 0 Å². The predicted octanol–water partition coefficient (Wildman–Crippen LogP) is -2.44. The Kier molecular flexibility index (Phi) is 13.7. The molecule has 2 nitrogen and oxygen atoms in total. The number of hydrogen-bond donors (Lipinski definition) is 0. The molecular weight excluding hydrogens is 87.0 g/mol. The molecule has 36 valence electrons. The summed E-state index contributed by atoms with van der Waals surface area (Å²) in [7, 11) is 1.54. The van der Waals surface area contributed by atoms with Gasteiger partial charge < -0.3 is 15.7 Å². The van der Waals surface area contributed by atoms with Crippen LogP contribution in [0.4, 0.5) is 0 Å². The third-order valence-corrected chi connectivity index (χ3v) is 0.279. The van der Waals surface area contributed by atoms with E-state index in [-0.39, 0.29) is 25.7 Å². The average Bonchev–Trinajstić information content (AvgIpc) is 1.61. The molecule has 0 saturated heterocycles. The van der Waals surface area contributed by atoms with E-state index in [4.69, 9.17) is 0 Å². The molecule has 0 heterocycles. The van der Waals surface area contributed by atoms with E-state index < -0.39 is 0 Å². The van der Waals surface area contributed by atoms with Gasteiger partial charge in [0.1, 0.15) is 0 Å². The van der Waals surface area contributed by atoms with Gasteiger partial charge in [0.05, 0.1) is 0 Å². The van der Waals surface area contributed by atoms with Crippen LogP contribution in [0.2, 0.25) is 0 Å². The van der Waals surface area contributed by atoms with E-state index in [1.165, 1.54) is 7.11 Å². The van der Waals surface area contributed by atoms with E-state index in [2.05, 4.69) is 22.3 Å². The zero-order chi connectivity index (χ0) is 4.83. The van der Waals surface area contributed by atoms with Crippen molar-refractivity contribution in [2.75, 3.05) is 13.9 Å². The Morgan fingerprint density at radius 2 is 2.29 bits per heavy atom. The zero-order valence-corrected chi connectivity index (χ0v) is 4.73. The van der Waals surface area contributed by atoms with Gasteiger partial charge in [-0.3, -0.25) is 0 Å². The molecule has 0 amide bonds. The molecule has 0 saturated carbocycles. The first-order valence-electron chi connectivity index (χ1n) is 1.54. The van der Waals surface area contributed by atoms with Gasteiger partial charge in [-0.1, -0.05) is 0 Å². The summed E-state index contributed by atoms with van der Waals surface area (Å²) in [6.45, 7) is 3.41. The van der Waals surface area contributed by atoms with E-state index >= 15 is 0 Å². The van der Waals surface area contributed by atoms with Crippen LogP contribution in [-0.4, -0.2) is 13.9 Å². The SMILES string of the molecule is C=[C-]OCOC.[Li+]. The van der Waals surface area contributed by atoms with Crippen LogP contribution < -0.4 is 18.9 Å². The van der Waals surface area contributed by atoms with Gasteiger partial charge >= 0.3 is 18.9 Å². The van der Waals surface area contributed by atoms with Gasteiger partial charge in [-0.15, -0.1) is 0 Å². The molecule has 0 aliphatic rings. The topological polar surface area (TPSA) is 18.5 Å². The standard InChI is InChI=1S/C4H7O2.Li/c1-3-6-4-5-2;/h1,4H2,2H3;/q-1;+1. The maximum atomic E-state index is 4.46. The third-order valence-electron chi connectivity index (χ3n) is 0.279. The summed E-state index contributed by atoms with van der Waals surface area (Å²) in [4.78, 5) is 0. The van der Waals surface area contributed by atoms with Crippen molar-refractivity contribution in [3.8, 4) is 0 Å². The zero-order valence-electron chi connectivity index (χ0n) is 4.73. The molecule has 7 heavy (non-hydrogen) atoms. The molecule has 0 rings (SSSR count). The van der Waals surface area contributed by atoms with Crippen molar-refractivity contribution in [1.82, 2.24) is 0 Å². The normalized spacial score (nSPS) is 6.43. The quantitative estimate of drug-likeness (QED) is 0.127. The summed E-state index contributed by atoms with van der Waals surface area (Å²) in [5.41, 5.74) is 0. The predicted molar refractivity (Wildman–Crippen MR) is 21.8 cm³/mol. The summed E-state index contributed by atoms with van der Waals surface area (Å²) >= 11 is 0. The Morgan fingerprint density at radius 3 is 2.43 bits per heavy atom. The van der Waals surface area contributed by atoms with Crippen molar-refractivity contribution < 1.29 is 28.3 Å². The van der Waals surface area contributed by atoms with E-state index in [9.17, 15) is 0 Å². The van der Waals surface area contributed by atoms with Crippen LogP contribution in [0.1, 0.15) is 0 Å². The molecule has 0 unspecified atom stereocenters. The molecule has 0 aromatic heterocycles. The molecule has 0 aromatic carbocycles. The van der Waals surface area contributed by atoms with E-state index in [0.29, 0.717) is 0 Å². The molecule has 0 aliphatic carbocycles. The second-order valence-electron chi connectivity index (χ2n) is 0.695. The van der Waals surface area contributed by atoms with Crippen LogP contribution in [0.3, 0.4) is 0 Å². The fraction of sp³-hybridized carbons (Fsp3) is 0.500. The number of methoxy groups -OCH3 is 1. The van der Waals surface area contributed by atoms with Gasteiger partial charge in [0.2, 0.25) is 0 Å². The van der Waals surface area contributed by atoms with Gasteiger partial charge in [0.15, 0.2) is 6.79 Å². The Hall–Kier alpha value is 0.0974. The molecule has 0 atom stereocenters. The molecule has 0 spiro atoms. The van der Waals surface area contributed by atoms with Crippen molar-refractivity contribution in [1.29, 1.82) is 0 Å². The number of ether oxygens (including phenoxy) is 2. The summed E-state index contributed by atoms with van der Waals surface area (Å²) in [6.07, 6.45) is 2.19. The monoisotopic (exact) mass is 94.1 g/mol. The molecule has 0 aromatic rings. The fourth-order valence-corrected chi connectivity index (χ4v) is 0.101. The molecule has 0 aliphatic heterocycles. The Bertz CT molecular complexity index is 38.7. The summed E-state index contributed by atoms with van der Waals surface area (Å²) in [5, 5.41) is 0. The number of rotatable bonds is 3. The van der Waals surface area contributed by atoms with Gasteiger partial charge in [0, 0.05) is 7.11 Å². The first kappa shape index (κ1) is 10.2. The molecule has 3 heteroatoms. The first-order valence-corrected chi connectivity index (χ1v) is 1.54. The maximum Gasteiger partial charge on any atom is 1.00 e. The fourth-order valence-electron chi connectivity index (χ4n) is 0.101.